The number of hydrogen-bond donors (Lipinski definition) is 0. The Labute approximate surface area is 141 Å². The van der Waals surface area contributed by atoms with E-state index in [0.717, 1.165) is 16.8 Å². The molecule has 2 heterocycles. The standard InChI is InChI=1S/C20H21FN2O/c1-20(2)14-23(12-15-6-8-17(21)9-7-15)13-16(19(20)24)11-18-5-3-4-10-22-18/h3-11H,12-14H2,1-2H3/b16-11-. The molecule has 1 aromatic heterocycles. The minimum atomic E-state index is -0.446. The van der Waals surface area contributed by atoms with E-state index in [4.69, 9.17) is 0 Å². The van der Waals surface area contributed by atoms with Crippen LogP contribution in [0, 0.1) is 11.2 Å². The fourth-order valence-corrected chi connectivity index (χ4v) is 3.14. The fourth-order valence-electron chi connectivity index (χ4n) is 3.14. The predicted molar refractivity (Wildman–Crippen MR) is 92.7 cm³/mol. The smallest absolute Gasteiger partial charge is 0.167 e. The number of likely N-dealkylation sites (tertiary alicyclic amines) is 1. The normalized spacial score (nSPS) is 19.6. The van der Waals surface area contributed by atoms with Gasteiger partial charge in [0.2, 0.25) is 0 Å². The molecule has 24 heavy (non-hydrogen) atoms. The maximum atomic E-state index is 13.1. The molecule has 0 atom stereocenters. The van der Waals surface area contributed by atoms with Crippen molar-refractivity contribution in [3.63, 3.8) is 0 Å². The minimum absolute atomic E-state index is 0.170. The van der Waals surface area contributed by atoms with Gasteiger partial charge in [-0.25, -0.2) is 4.39 Å². The van der Waals surface area contributed by atoms with Crippen LogP contribution in [0.2, 0.25) is 0 Å². The van der Waals surface area contributed by atoms with Crippen molar-refractivity contribution in [2.45, 2.75) is 20.4 Å². The van der Waals surface area contributed by atoms with Gasteiger partial charge < -0.3 is 0 Å². The maximum Gasteiger partial charge on any atom is 0.167 e. The summed E-state index contributed by atoms with van der Waals surface area (Å²) in [4.78, 5) is 19.2. The quantitative estimate of drug-likeness (QED) is 0.807. The summed E-state index contributed by atoms with van der Waals surface area (Å²) in [5.41, 5.74) is 2.16. The van der Waals surface area contributed by atoms with Crippen molar-refractivity contribution >= 4 is 11.9 Å². The molecule has 4 heteroatoms. The lowest BCUT2D eigenvalue weighted by molar-refractivity contribution is -0.126. The van der Waals surface area contributed by atoms with Gasteiger partial charge in [-0.1, -0.05) is 32.0 Å². The van der Waals surface area contributed by atoms with Crippen molar-refractivity contribution in [3.8, 4) is 0 Å². The van der Waals surface area contributed by atoms with Crippen LogP contribution in [0.25, 0.3) is 6.08 Å². The Morgan fingerprint density at radius 3 is 2.62 bits per heavy atom. The van der Waals surface area contributed by atoms with Gasteiger partial charge in [-0.3, -0.25) is 14.7 Å². The van der Waals surface area contributed by atoms with Crippen LogP contribution in [0.1, 0.15) is 25.1 Å². The van der Waals surface area contributed by atoms with Crippen LogP contribution in [0.3, 0.4) is 0 Å². The summed E-state index contributed by atoms with van der Waals surface area (Å²) in [7, 11) is 0. The predicted octanol–water partition coefficient (Wildman–Crippen LogP) is 3.72. The Balaban J connectivity index is 1.83. The third-order valence-corrected chi connectivity index (χ3v) is 4.25. The Hall–Kier alpha value is -2.33. The summed E-state index contributed by atoms with van der Waals surface area (Å²) < 4.78 is 13.1. The van der Waals surface area contributed by atoms with Gasteiger partial charge in [0.1, 0.15) is 5.82 Å². The Bertz CT molecular complexity index is 751. The molecular formula is C20H21FN2O. The number of hydrogen-bond acceptors (Lipinski definition) is 3. The maximum absolute atomic E-state index is 13.1. The minimum Gasteiger partial charge on any atom is -0.294 e. The number of Topliss-reactive ketones (excluding diaryl/α,β-unsaturated/α-hetero) is 1. The molecule has 0 aliphatic carbocycles. The number of pyridine rings is 1. The number of halogens is 1. The first-order valence-electron chi connectivity index (χ1n) is 8.07. The van der Waals surface area contributed by atoms with Crippen molar-refractivity contribution in [3.05, 3.63) is 71.3 Å². The SMILES string of the molecule is CC1(C)CN(Cc2ccc(F)cc2)C/C(=C/c2ccccn2)C1=O. The van der Waals surface area contributed by atoms with Crippen molar-refractivity contribution < 1.29 is 9.18 Å². The molecule has 0 radical (unpaired) electrons. The van der Waals surface area contributed by atoms with Gasteiger partial charge >= 0.3 is 0 Å². The molecule has 1 aliphatic rings. The second-order valence-electron chi connectivity index (χ2n) is 6.91. The molecule has 0 amide bonds. The number of ketones is 1. The van der Waals surface area contributed by atoms with E-state index in [9.17, 15) is 9.18 Å². The van der Waals surface area contributed by atoms with Crippen LogP contribution < -0.4 is 0 Å². The third kappa shape index (κ3) is 3.77. The van der Waals surface area contributed by atoms with Gasteiger partial charge in [0, 0.05) is 36.8 Å². The molecule has 1 aromatic carbocycles. The average Bonchev–Trinajstić information content (AvgIpc) is 2.55. The molecule has 2 aromatic rings. The van der Waals surface area contributed by atoms with Gasteiger partial charge in [0.05, 0.1) is 5.69 Å². The molecule has 3 rings (SSSR count). The molecule has 0 spiro atoms. The molecule has 124 valence electrons. The second-order valence-corrected chi connectivity index (χ2v) is 6.91. The summed E-state index contributed by atoms with van der Waals surface area (Å²) in [6, 6.07) is 12.2. The summed E-state index contributed by atoms with van der Waals surface area (Å²) in [5, 5.41) is 0. The zero-order chi connectivity index (χ0) is 17.2. The highest BCUT2D eigenvalue weighted by Crippen LogP contribution is 2.30. The largest absolute Gasteiger partial charge is 0.294 e. The monoisotopic (exact) mass is 324 g/mol. The Morgan fingerprint density at radius 2 is 1.96 bits per heavy atom. The highest BCUT2D eigenvalue weighted by Gasteiger charge is 2.37. The number of piperidine rings is 1. The highest BCUT2D eigenvalue weighted by molar-refractivity contribution is 6.04. The molecule has 0 saturated carbocycles. The van der Waals surface area contributed by atoms with E-state index in [-0.39, 0.29) is 11.6 Å². The second kappa shape index (κ2) is 6.65. The Kier molecular flexibility index (Phi) is 4.58. The lowest BCUT2D eigenvalue weighted by atomic mass is 9.79. The number of nitrogens with zero attached hydrogens (tertiary/aromatic N) is 2. The molecule has 1 saturated heterocycles. The number of carbonyl (C=O) groups is 1. The van der Waals surface area contributed by atoms with Gasteiger partial charge in [-0.2, -0.15) is 0 Å². The lowest BCUT2D eigenvalue weighted by Crippen LogP contribution is -2.47. The van der Waals surface area contributed by atoms with Crippen LogP contribution >= 0.6 is 0 Å². The van der Waals surface area contributed by atoms with Gasteiger partial charge in [-0.05, 0) is 35.9 Å². The Morgan fingerprint density at radius 1 is 1.21 bits per heavy atom. The molecule has 0 bridgehead atoms. The number of rotatable bonds is 3. The lowest BCUT2D eigenvalue weighted by Gasteiger charge is -2.38. The summed E-state index contributed by atoms with van der Waals surface area (Å²) in [6.45, 7) is 5.90. The van der Waals surface area contributed by atoms with E-state index in [0.29, 0.717) is 19.6 Å². The number of carbonyl (C=O) groups excluding carboxylic acids is 1. The third-order valence-electron chi connectivity index (χ3n) is 4.25. The molecule has 0 N–H and O–H groups in total. The average molecular weight is 324 g/mol. The van der Waals surface area contributed by atoms with Crippen LogP contribution in [-0.4, -0.2) is 28.8 Å². The number of benzene rings is 1. The fraction of sp³-hybridized carbons (Fsp3) is 0.300. The van der Waals surface area contributed by atoms with Crippen molar-refractivity contribution in [2.24, 2.45) is 5.41 Å². The topological polar surface area (TPSA) is 33.2 Å². The first-order valence-corrected chi connectivity index (χ1v) is 8.07. The van der Waals surface area contributed by atoms with E-state index >= 15 is 0 Å². The molecule has 3 nitrogen and oxygen atoms in total. The summed E-state index contributed by atoms with van der Waals surface area (Å²) in [6.07, 6.45) is 3.60. The van der Waals surface area contributed by atoms with Crippen LogP contribution in [0.4, 0.5) is 4.39 Å². The zero-order valence-electron chi connectivity index (χ0n) is 14.0. The van der Waals surface area contributed by atoms with E-state index < -0.39 is 5.41 Å². The molecule has 1 fully saturated rings. The molecule has 1 aliphatic heterocycles. The van der Waals surface area contributed by atoms with Crippen LogP contribution in [-0.2, 0) is 11.3 Å². The van der Waals surface area contributed by atoms with Crippen LogP contribution in [0.15, 0.2) is 54.2 Å². The van der Waals surface area contributed by atoms with E-state index in [1.807, 2.05) is 38.1 Å². The van der Waals surface area contributed by atoms with Gasteiger partial charge in [0.25, 0.3) is 0 Å². The summed E-state index contributed by atoms with van der Waals surface area (Å²) in [5.74, 6) is -0.0628. The van der Waals surface area contributed by atoms with E-state index in [2.05, 4.69) is 9.88 Å². The first kappa shape index (κ1) is 16.5. The first-order chi connectivity index (χ1) is 11.4. The molecule has 0 unspecified atom stereocenters. The molecular weight excluding hydrogens is 303 g/mol. The van der Waals surface area contributed by atoms with E-state index in [1.165, 1.54) is 12.1 Å². The van der Waals surface area contributed by atoms with Crippen molar-refractivity contribution in [1.82, 2.24) is 9.88 Å². The van der Waals surface area contributed by atoms with Crippen molar-refractivity contribution in [2.75, 3.05) is 13.1 Å². The van der Waals surface area contributed by atoms with Crippen LogP contribution in [0.5, 0.6) is 0 Å². The highest BCUT2D eigenvalue weighted by atomic mass is 19.1. The zero-order valence-corrected chi connectivity index (χ0v) is 14.0. The van der Waals surface area contributed by atoms with E-state index in [1.54, 1.807) is 18.3 Å². The summed E-state index contributed by atoms with van der Waals surface area (Å²) >= 11 is 0. The van der Waals surface area contributed by atoms with Gasteiger partial charge in [0.15, 0.2) is 5.78 Å². The number of aromatic nitrogens is 1. The van der Waals surface area contributed by atoms with Crippen molar-refractivity contribution in [1.29, 1.82) is 0 Å². The van der Waals surface area contributed by atoms with Gasteiger partial charge in [-0.15, -0.1) is 0 Å².